The number of rotatable bonds is 3. The Balaban J connectivity index is 1.74. The third kappa shape index (κ3) is 4.22. The number of likely N-dealkylation sites (tertiary alicyclic amines) is 1. The zero-order chi connectivity index (χ0) is 23.9. The van der Waals surface area contributed by atoms with E-state index in [4.69, 9.17) is 0 Å². The maximum atomic E-state index is 13.8. The Bertz CT molecular complexity index is 1270. The molecule has 0 bridgehead atoms. The van der Waals surface area contributed by atoms with Crippen molar-refractivity contribution in [1.82, 2.24) is 24.8 Å². The first-order valence-electron chi connectivity index (χ1n) is 10.4. The van der Waals surface area contributed by atoms with E-state index in [1.807, 2.05) is 0 Å². The molecule has 4 rings (SSSR count). The first-order valence-corrected chi connectivity index (χ1v) is 10.4. The molecular formula is C22H22F3N5O3. The first kappa shape index (κ1) is 22.6. The number of carbonyl (C=O) groups excluding carboxylic acids is 2. The van der Waals surface area contributed by atoms with E-state index in [1.165, 1.54) is 26.0 Å². The van der Waals surface area contributed by atoms with Crippen molar-refractivity contribution >= 4 is 17.5 Å². The standard InChI is InChI=1S/C22H22F3N5O3/c1-12-16(20(32)27-15-8-10-29(11-9-15)13(2)31)21(33)30-19(26-12)17(14-6-4-3-5-7-14)18(28-30)22(23,24)25/h3-7,15,26H,8-11H2,1-2H3,(H,27,32). The fourth-order valence-electron chi connectivity index (χ4n) is 4.13. The summed E-state index contributed by atoms with van der Waals surface area (Å²) >= 11 is 0. The van der Waals surface area contributed by atoms with Gasteiger partial charge in [-0.1, -0.05) is 30.3 Å². The number of alkyl halides is 3. The number of benzene rings is 1. The lowest BCUT2D eigenvalue weighted by Crippen LogP contribution is -2.47. The Hall–Kier alpha value is -3.63. The van der Waals surface area contributed by atoms with Gasteiger partial charge in [-0.05, 0) is 25.3 Å². The number of aryl methyl sites for hydroxylation is 1. The summed E-state index contributed by atoms with van der Waals surface area (Å²) in [5.41, 5.74) is -2.47. The number of carbonyl (C=O) groups is 2. The van der Waals surface area contributed by atoms with Crippen LogP contribution in [-0.2, 0) is 11.0 Å². The molecule has 8 nitrogen and oxygen atoms in total. The summed E-state index contributed by atoms with van der Waals surface area (Å²) in [7, 11) is 0. The van der Waals surface area contributed by atoms with E-state index >= 15 is 0 Å². The summed E-state index contributed by atoms with van der Waals surface area (Å²) in [6.45, 7) is 3.89. The highest BCUT2D eigenvalue weighted by Gasteiger charge is 2.39. The van der Waals surface area contributed by atoms with Gasteiger partial charge in [0.1, 0.15) is 11.2 Å². The van der Waals surface area contributed by atoms with Crippen LogP contribution in [0.3, 0.4) is 0 Å². The predicted octanol–water partition coefficient (Wildman–Crippen LogP) is 2.76. The number of H-pyrrole nitrogens is 1. The van der Waals surface area contributed by atoms with Crippen LogP contribution in [0, 0.1) is 6.92 Å². The Morgan fingerprint density at radius 3 is 2.36 bits per heavy atom. The molecule has 11 heteroatoms. The van der Waals surface area contributed by atoms with Crippen molar-refractivity contribution in [3.05, 3.63) is 57.6 Å². The van der Waals surface area contributed by atoms with Gasteiger partial charge in [0.05, 0.1) is 5.56 Å². The van der Waals surface area contributed by atoms with Gasteiger partial charge in [-0.3, -0.25) is 14.4 Å². The molecule has 1 aromatic carbocycles. The minimum Gasteiger partial charge on any atom is -0.349 e. The Morgan fingerprint density at radius 2 is 1.79 bits per heavy atom. The van der Waals surface area contributed by atoms with Crippen LogP contribution in [0.1, 0.15) is 41.5 Å². The minimum absolute atomic E-state index is 0.0501. The van der Waals surface area contributed by atoms with Crippen molar-refractivity contribution in [2.24, 2.45) is 0 Å². The normalized spacial score (nSPS) is 15.1. The van der Waals surface area contributed by atoms with E-state index in [1.54, 1.807) is 23.1 Å². The molecule has 2 aromatic heterocycles. The second-order valence-corrected chi connectivity index (χ2v) is 8.03. The molecule has 174 valence electrons. The highest BCUT2D eigenvalue weighted by molar-refractivity contribution is 5.95. The van der Waals surface area contributed by atoms with Gasteiger partial charge in [0.2, 0.25) is 5.91 Å². The summed E-state index contributed by atoms with van der Waals surface area (Å²) in [5.74, 6) is -0.742. The number of halogens is 3. The van der Waals surface area contributed by atoms with Crippen LogP contribution in [0.2, 0.25) is 0 Å². The summed E-state index contributed by atoms with van der Waals surface area (Å²) in [4.78, 5) is 41.9. The Labute approximate surface area is 186 Å². The van der Waals surface area contributed by atoms with Crippen LogP contribution >= 0.6 is 0 Å². The number of fused-ring (bicyclic) bond motifs is 1. The van der Waals surface area contributed by atoms with Crippen LogP contribution in [0.15, 0.2) is 35.1 Å². The number of aromatic nitrogens is 3. The van der Waals surface area contributed by atoms with Crippen molar-refractivity contribution in [3.8, 4) is 11.1 Å². The fourth-order valence-corrected chi connectivity index (χ4v) is 4.13. The molecule has 0 atom stereocenters. The predicted molar refractivity (Wildman–Crippen MR) is 114 cm³/mol. The first-order chi connectivity index (χ1) is 15.6. The maximum Gasteiger partial charge on any atom is 0.435 e. The van der Waals surface area contributed by atoms with Gasteiger partial charge in [-0.15, -0.1) is 0 Å². The largest absolute Gasteiger partial charge is 0.435 e. The SMILES string of the molecule is CC(=O)N1CCC(NC(=O)c2c(C)[nH]c3c(-c4ccccc4)c(C(F)(F)F)nn3c2=O)CC1. The van der Waals surface area contributed by atoms with Crippen LogP contribution < -0.4 is 10.9 Å². The lowest BCUT2D eigenvalue weighted by Gasteiger charge is -2.31. The van der Waals surface area contributed by atoms with Gasteiger partial charge in [0, 0.05) is 31.7 Å². The molecule has 0 aliphatic carbocycles. The van der Waals surface area contributed by atoms with E-state index in [9.17, 15) is 27.6 Å². The lowest BCUT2D eigenvalue weighted by molar-refractivity contribution is -0.140. The van der Waals surface area contributed by atoms with Crippen LogP contribution in [0.4, 0.5) is 13.2 Å². The number of amides is 2. The highest BCUT2D eigenvalue weighted by atomic mass is 19.4. The van der Waals surface area contributed by atoms with Crippen molar-refractivity contribution in [1.29, 1.82) is 0 Å². The van der Waals surface area contributed by atoms with Gasteiger partial charge in [-0.2, -0.15) is 22.8 Å². The molecule has 0 spiro atoms. The molecular weight excluding hydrogens is 439 g/mol. The van der Waals surface area contributed by atoms with Crippen LogP contribution in [0.25, 0.3) is 16.8 Å². The molecule has 0 saturated carbocycles. The molecule has 1 aliphatic rings. The van der Waals surface area contributed by atoms with Crippen molar-refractivity contribution in [3.63, 3.8) is 0 Å². The zero-order valence-corrected chi connectivity index (χ0v) is 18.0. The molecule has 1 saturated heterocycles. The van der Waals surface area contributed by atoms with Gasteiger partial charge < -0.3 is 15.2 Å². The maximum absolute atomic E-state index is 13.8. The molecule has 2 amide bonds. The molecule has 3 aromatic rings. The molecule has 0 unspecified atom stereocenters. The molecule has 3 heterocycles. The van der Waals surface area contributed by atoms with Crippen LogP contribution in [-0.4, -0.2) is 50.4 Å². The van der Waals surface area contributed by atoms with Crippen LogP contribution in [0.5, 0.6) is 0 Å². The molecule has 0 radical (unpaired) electrons. The van der Waals surface area contributed by atoms with Gasteiger partial charge in [-0.25, -0.2) is 0 Å². The summed E-state index contributed by atoms with van der Waals surface area (Å²) in [6, 6.07) is 7.57. The number of hydrogen-bond donors (Lipinski definition) is 2. The Kier molecular flexibility index (Phi) is 5.73. The highest BCUT2D eigenvalue weighted by Crippen LogP contribution is 2.38. The van der Waals surface area contributed by atoms with Crippen molar-refractivity contribution in [2.45, 2.75) is 38.9 Å². The van der Waals surface area contributed by atoms with E-state index in [0.717, 1.165) is 0 Å². The minimum atomic E-state index is -4.81. The summed E-state index contributed by atoms with van der Waals surface area (Å²) in [6.07, 6.45) is -3.77. The van der Waals surface area contributed by atoms with Gasteiger partial charge in [0.25, 0.3) is 11.5 Å². The van der Waals surface area contributed by atoms with Gasteiger partial charge in [0.15, 0.2) is 5.69 Å². The number of piperidine rings is 1. The molecule has 1 aliphatic heterocycles. The fraction of sp³-hybridized carbons (Fsp3) is 0.364. The quantitative estimate of drug-likeness (QED) is 0.627. The monoisotopic (exact) mass is 461 g/mol. The summed E-state index contributed by atoms with van der Waals surface area (Å²) < 4.78 is 41.9. The lowest BCUT2D eigenvalue weighted by atomic mass is 10.0. The molecule has 2 N–H and O–H groups in total. The summed E-state index contributed by atoms with van der Waals surface area (Å²) in [5, 5.41) is 6.31. The molecule has 33 heavy (non-hydrogen) atoms. The van der Waals surface area contributed by atoms with Crippen molar-refractivity contribution < 1.29 is 22.8 Å². The topological polar surface area (TPSA) is 99.6 Å². The number of nitrogens with one attached hydrogen (secondary N) is 2. The average molecular weight is 461 g/mol. The van der Waals surface area contributed by atoms with E-state index in [2.05, 4.69) is 15.4 Å². The number of aromatic amines is 1. The third-order valence-electron chi connectivity index (χ3n) is 5.81. The number of nitrogens with zero attached hydrogens (tertiary/aromatic N) is 3. The second-order valence-electron chi connectivity index (χ2n) is 8.03. The van der Waals surface area contributed by atoms with Gasteiger partial charge >= 0.3 is 6.18 Å². The Morgan fingerprint density at radius 1 is 1.15 bits per heavy atom. The zero-order valence-electron chi connectivity index (χ0n) is 18.0. The van der Waals surface area contributed by atoms with E-state index in [0.29, 0.717) is 30.4 Å². The second kappa shape index (κ2) is 8.38. The van der Waals surface area contributed by atoms with E-state index < -0.39 is 23.3 Å². The smallest absolute Gasteiger partial charge is 0.349 e. The molecule has 1 fully saturated rings. The van der Waals surface area contributed by atoms with Crippen molar-refractivity contribution in [2.75, 3.05) is 13.1 Å². The average Bonchev–Trinajstić information content (AvgIpc) is 3.15. The third-order valence-corrected chi connectivity index (χ3v) is 5.81. The number of hydrogen-bond acceptors (Lipinski definition) is 4. The van der Waals surface area contributed by atoms with E-state index in [-0.39, 0.29) is 40.0 Å².